The molecular weight excluding hydrogens is 380 g/mol. The summed E-state index contributed by atoms with van der Waals surface area (Å²) in [5, 5.41) is 2.08. The molecule has 0 aromatic heterocycles. The molecule has 0 heterocycles. The Kier molecular flexibility index (Phi) is 6.31. The molecule has 0 spiro atoms. The fraction of sp³-hybridized carbons (Fsp3) is 0.136. The standard InChI is InChI=1S/C22H19F2NO2S/c1-14-8-11-19(27-2)18(12-14)25-22(26)21(15-6-4-3-5-7-15)28-20-13-16(23)9-10-17(20)24/h3-13,21H,1-2H3,(H,25,26)/t21-/m1/s1. The van der Waals surface area contributed by atoms with Gasteiger partial charge in [0.2, 0.25) is 5.91 Å². The molecule has 0 bridgehead atoms. The topological polar surface area (TPSA) is 38.3 Å². The monoisotopic (exact) mass is 399 g/mol. The van der Waals surface area contributed by atoms with E-state index in [1.807, 2.05) is 19.1 Å². The van der Waals surface area contributed by atoms with E-state index in [0.717, 1.165) is 35.5 Å². The normalized spacial score (nSPS) is 11.7. The van der Waals surface area contributed by atoms with Crippen molar-refractivity contribution in [3.8, 4) is 5.75 Å². The quantitative estimate of drug-likeness (QED) is 0.536. The summed E-state index contributed by atoms with van der Waals surface area (Å²) in [5.41, 5.74) is 2.16. The highest BCUT2D eigenvalue weighted by Crippen LogP contribution is 2.38. The van der Waals surface area contributed by atoms with Gasteiger partial charge in [-0.3, -0.25) is 4.79 Å². The van der Waals surface area contributed by atoms with Gasteiger partial charge in [0.1, 0.15) is 22.6 Å². The van der Waals surface area contributed by atoms with E-state index in [9.17, 15) is 13.6 Å². The highest BCUT2D eigenvalue weighted by molar-refractivity contribution is 8.00. The lowest BCUT2D eigenvalue weighted by atomic mass is 10.1. The van der Waals surface area contributed by atoms with Gasteiger partial charge in [-0.05, 0) is 48.4 Å². The van der Waals surface area contributed by atoms with Gasteiger partial charge in [-0.25, -0.2) is 8.78 Å². The maximum atomic E-state index is 14.2. The number of ether oxygens (including phenoxy) is 1. The number of hydrogen-bond acceptors (Lipinski definition) is 3. The number of thioether (sulfide) groups is 1. The van der Waals surface area contributed by atoms with Crippen LogP contribution in [0.5, 0.6) is 5.75 Å². The van der Waals surface area contributed by atoms with Crippen LogP contribution in [0, 0.1) is 18.6 Å². The summed E-state index contributed by atoms with van der Waals surface area (Å²) in [5.74, 6) is -0.971. The molecule has 0 aliphatic rings. The molecule has 1 atom stereocenters. The summed E-state index contributed by atoms with van der Waals surface area (Å²) in [6.45, 7) is 1.90. The van der Waals surface area contributed by atoms with E-state index in [-0.39, 0.29) is 10.8 Å². The fourth-order valence-electron chi connectivity index (χ4n) is 2.71. The zero-order chi connectivity index (χ0) is 20.1. The molecule has 0 radical (unpaired) electrons. The van der Waals surface area contributed by atoms with E-state index < -0.39 is 16.9 Å². The molecule has 0 unspecified atom stereocenters. The van der Waals surface area contributed by atoms with Crippen molar-refractivity contribution in [3.05, 3.63) is 89.5 Å². The molecule has 3 rings (SSSR count). The minimum absolute atomic E-state index is 0.0696. The third-order valence-corrected chi connectivity index (χ3v) is 5.38. The molecule has 0 aliphatic carbocycles. The van der Waals surface area contributed by atoms with E-state index in [2.05, 4.69) is 5.32 Å². The Labute approximate surface area is 166 Å². The molecule has 1 amide bonds. The Hall–Kier alpha value is -2.86. The number of benzene rings is 3. The molecule has 0 saturated carbocycles. The molecule has 3 aromatic carbocycles. The van der Waals surface area contributed by atoms with Crippen molar-refractivity contribution >= 4 is 23.4 Å². The first-order valence-electron chi connectivity index (χ1n) is 8.60. The Balaban J connectivity index is 1.94. The number of methoxy groups -OCH3 is 1. The van der Waals surface area contributed by atoms with Crippen LogP contribution < -0.4 is 10.1 Å². The number of amides is 1. The summed E-state index contributed by atoms with van der Waals surface area (Å²) < 4.78 is 33.1. The lowest BCUT2D eigenvalue weighted by molar-refractivity contribution is -0.115. The van der Waals surface area contributed by atoms with Crippen molar-refractivity contribution in [2.75, 3.05) is 12.4 Å². The molecule has 0 saturated heterocycles. The number of anilines is 1. The van der Waals surface area contributed by atoms with Gasteiger partial charge in [0.25, 0.3) is 0 Å². The van der Waals surface area contributed by atoms with E-state index >= 15 is 0 Å². The first kappa shape index (κ1) is 19.9. The fourth-order valence-corrected chi connectivity index (χ4v) is 3.79. The first-order valence-corrected chi connectivity index (χ1v) is 9.48. The van der Waals surface area contributed by atoms with Crippen LogP contribution in [0.1, 0.15) is 16.4 Å². The average molecular weight is 399 g/mol. The zero-order valence-corrected chi connectivity index (χ0v) is 16.2. The van der Waals surface area contributed by atoms with Gasteiger partial charge in [-0.1, -0.05) is 36.4 Å². The molecular formula is C22H19F2NO2S. The SMILES string of the molecule is COc1ccc(C)cc1NC(=O)[C@H](Sc1cc(F)ccc1F)c1ccccc1. The van der Waals surface area contributed by atoms with Gasteiger partial charge in [0.15, 0.2) is 0 Å². The highest BCUT2D eigenvalue weighted by Gasteiger charge is 2.24. The number of halogens is 2. The number of hydrogen-bond donors (Lipinski definition) is 1. The molecule has 6 heteroatoms. The van der Waals surface area contributed by atoms with Gasteiger partial charge in [-0.15, -0.1) is 11.8 Å². The van der Waals surface area contributed by atoms with Crippen molar-refractivity contribution < 1.29 is 18.3 Å². The Morgan fingerprint density at radius 2 is 1.79 bits per heavy atom. The Morgan fingerprint density at radius 3 is 2.50 bits per heavy atom. The van der Waals surface area contributed by atoms with E-state index in [1.165, 1.54) is 7.11 Å². The van der Waals surface area contributed by atoms with Crippen LogP contribution in [0.25, 0.3) is 0 Å². The lowest BCUT2D eigenvalue weighted by Crippen LogP contribution is -2.19. The number of aryl methyl sites for hydroxylation is 1. The van der Waals surface area contributed by atoms with Crippen LogP contribution in [0.4, 0.5) is 14.5 Å². The number of carbonyl (C=O) groups is 1. The van der Waals surface area contributed by atoms with Gasteiger partial charge in [-0.2, -0.15) is 0 Å². The van der Waals surface area contributed by atoms with Crippen molar-refractivity contribution in [1.29, 1.82) is 0 Å². The summed E-state index contributed by atoms with van der Waals surface area (Å²) in [4.78, 5) is 13.2. The highest BCUT2D eigenvalue weighted by atomic mass is 32.2. The Bertz CT molecular complexity index is 980. The smallest absolute Gasteiger partial charge is 0.242 e. The minimum Gasteiger partial charge on any atom is -0.495 e. The number of nitrogens with one attached hydrogen (secondary N) is 1. The molecule has 3 nitrogen and oxygen atoms in total. The lowest BCUT2D eigenvalue weighted by Gasteiger charge is -2.19. The van der Waals surface area contributed by atoms with Crippen molar-refractivity contribution in [2.45, 2.75) is 17.1 Å². The third kappa shape index (κ3) is 4.70. The van der Waals surface area contributed by atoms with Crippen LogP contribution in [0.3, 0.4) is 0 Å². The van der Waals surface area contributed by atoms with Gasteiger partial charge in [0.05, 0.1) is 12.8 Å². The second-order valence-corrected chi connectivity index (χ2v) is 7.32. The van der Waals surface area contributed by atoms with Crippen molar-refractivity contribution in [3.63, 3.8) is 0 Å². The maximum absolute atomic E-state index is 14.2. The molecule has 0 aliphatic heterocycles. The summed E-state index contributed by atoms with van der Waals surface area (Å²) in [6.07, 6.45) is 0. The van der Waals surface area contributed by atoms with Crippen molar-refractivity contribution in [1.82, 2.24) is 0 Å². The summed E-state index contributed by atoms with van der Waals surface area (Å²) in [6, 6.07) is 17.6. The van der Waals surface area contributed by atoms with Gasteiger partial charge < -0.3 is 10.1 Å². The van der Waals surface area contributed by atoms with Crippen LogP contribution >= 0.6 is 11.8 Å². The van der Waals surface area contributed by atoms with Gasteiger partial charge >= 0.3 is 0 Å². The largest absolute Gasteiger partial charge is 0.495 e. The number of carbonyl (C=O) groups excluding carboxylic acids is 1. The third-order valence-electron chi connectivity index (χ3n) is 4.09. The second-order valence-electron chi connectivity index (χ2n) is 6.18. The molecule has 1 N–H and O–H groups in total. The molecule has 0 fully saturated rings. The predicted octanol–water partition coefficient (Wildman–Crippen LogP) is 5.75. The van der Waals surface area contributed by atoms with E-state index in [1.54, 1.807) is 36.4 Å². The summed E-state index contributed by atoms with van der Waals surface area (Å²) in [7, 11) is 1.52. The van der Waals surface area contributed by atoms with E-state index in [4.69, 9.17) is 4.74 Å². The van der Waals surface area contributed by atoms with Crippen LogP contribution in [0.15, 0.2) is 71.6 Å². The van der Waals surface area contributed by atoms with E-state index in [0.29, 0.717) is 17.0 Å². The molecule has 3 aromatic rings. The number of rotatable bonds is 6. The second kappa shape index (κ2) is 8.89. The van der Waals surface area contributed by atoms with Crippen LogP contribution in [-0.4, -0.2) is 13.0 Å². The molecule has 28 heavy (non-hydrogen) atoms. The average Bonchev–Trinajstić information content (AvgIpc) is 2.69. The van der Waals surface area contributed by atoms with Crippen molar-refractivity contribution in [2.24, 2.45) is 0 Å². The Morgan fingerprint density at radius 1 is 1.04 bits per heavy atom. The van der Waals surface area contributed by atoms with Crippen LogP contribution in [-0.2, 0) is 4.79 Å². The minimum atomic E-state index is -0.775. The molecule has 144 valence electrons. The van der Waals surface area contributed by atoms with Crippen LogP contribution in [0.2, 0.25) is 0 Å². The zero-order valence-electron chi connectivity index (χ0n) is 15.4. The summed E-state index contributed by atoms with van der Waals surface area (Å²) >= 11 is 0.960. The maximum Gasteiger partial charge on any atom is 0.242 e. The van der Waals surface area contributed by atoms with Gasteiger partial charge in [0, 0.05) is 4.90 Å². The predicted molar refractivity (Wildman–Crippen MR) is 108 cm³/mol. The first-order chi connectivity index (χ1) is 13.5.